The van der Waals surface area contributed by atoms with Crippen LogP contribution in [0.25, 0.3) is 0 Å². The Morgan fingerprint density at radius 3 is 2.42 bits per heavy atom. The number of amides is 1. The molecular weight excluding hydrogens is 412 g/mol. The number of nitrogens with zero attached hydrogens (tertiary/aromatic N) is 3. The van der Waals surface area contributed by atoms with Gasteiger partial charge in [0.2, 0.25) is 10.0 Å². The highest BCUT2D eigenvalue weighted by Crippen LogP contribution is 2.27. The molecule has 8 heteroatoms. The van der Waals surface area contributed by atoms with Crippen molar-refractivity contribution >= 4 is 15.9 Å². The van der Waals surface area contributed by atoms with Gasteiger partial charge in [0.05, 0.1) is 4.90 Å². The molecule has 0 aromatic heterocycles. The van der Waals surface area contributed by atoms with Crippen LogP contribution in [0.4, 0.5) is 0 Å². The molecule has 2 saturated heterocycles. The number of sulfonamides is 1. The van der Waals surface area contributed by atoms with Gasteiger partial charge in [-0.2, -0.15) is 4.31 Å². The predicted octanol–water partition coefficient (Wildman–Crippen LogP) is 2.11. The van der Waals surface area contributed by atoms with Crippen LogP contribution < -0.4 is 5.32 Å². The third-order valence-electron chi connectivity index (χ3n) is 6.35. The summed E-state index contributed by atoms with van der Waals surface area (Å²) in [6, 6.07) is 6.44. The fourth-order valence-corrected chi connectivity index (χ4v) is 6.31. The SMILES string of the molecule is CC1CC(C)CN(S(=O)(=O)c2cccc(C(=O)NCCCCN3CCN(C)CC3)c2)C1. The number of likely N-dealkylation sites (N-methyl/N-ethyl adjacent to an activating group) is 1. The molecule has 0 radical (unpaired) electrons. The fourth-order valence-electron chi connectivity index (χ4n) is 4.58. The average Bonchev–Trinajstić information content (AvgIpc) is 2.74. The second kappa shape index (κ2) is 10.9. The van der Waals surface area contributed by atoms with Gasteiger partial charge in [0.1, 0.15) is 0 Å². The van der Waals surface area contributed by atoms with Crippen molar-refractivity contribution in [3.8, 4) is 0 Å². The van der Waals surface area contributed by atoms with Crippen LogP contribution in [0.1, 0.15) is 43.5 Å². The largest absolute Gasteiger partial charge is 0.352 e. The van der Waals surface area contributed by atoms with Crippen LogP contribution in [0.15, 0.2) is 29.2 Å². The van der Waals surface area contributed by atoms with Crippen molar-refractivity contribution in [3.63, 3.8) is 0 Å². The van der Waals surface area contributed by atoms with E-state index in [9.17, 15) is 13.2 Å². The quantitative estimate of drug-likeness (QED) is 0.614. The maximum atomic E-state index is 13.1. The van der Waals surface area contributed by atoms with E-state index in [0.29, 0.717) is 37.0 Å². The van der Waals surface area contributed by atoms with Crippen LogP contribution in [0.3, 0.4) is 0 Å². The van der Waals surface area contributed by atoms with Crippen LogP contribution in [-0.4, -0.2) is 87.8 Å². The van der Waals surface area contributed by atoms with Crippen molar-refractivity contribution in [2.45, 2.75) is 38.0 Å². The minimum absolute atomic E-state index is 0.205. The summed E-state index contributed by atoms with van der Waals surface area (Å²) < 4.78 is 27.8. The standard InChI is InChI=1S/C23H38N4O3S/c1-19-15-20(2)18-27(17-19)31(29,30)22-8-6-7-21(16-22)23(28)24-9-4-5-10-26-13-11-25(3)12-14-26/h6-8,16,19-20H,4-5,9-15,17-18H2,1-3H3,(H,24,28). The van der Waals surface area contributed by atoms with Crippen LogP contribution in [0, 0.1) is 11.8 Å². The first-order valence-corrected chi connectivity index (χ1v) is 13.0. The Kier molecular flexibility index (Phi) is 8.50. The molecular formula is C23H38N4O3S. The number of hydrogen-bond donors (Lipinski definition) is 1. The first-order chi connectivity index (χ1) is 14.8. The van der Waals surface area contributed by atoms with Crippen LogP contribution in [0.2, 0.25) is 0 Å². The lowest BCUT2D eigenvalue weighted by Crippen LogP contribution is -2.44. The molecule has 0 saturated carbocycles. The molecule has 2 fully saturated rings. The lowest BCUT2D eigenvalue weighted by atomic mass is 9.94. The minimum Gasteiger partial charge on any atom is -0.352 e. The number of carbonyl (C=O) groups excluding carboxylic acids is 1. The summed E-state index contributed by atoms with van der Waals surface area (Å²) in [5, 5.41) is 2.94. The third-order valence-corrected chi connectivity index (χ3v) is 8.18. The van der Waals surface area contributed by atoms with E-state index in [1.807, 2.05) is 0 Å². The summed E-state index contributed by atoms with van der Waals surface area (Å²) in [6.07, 6.45) is 3.01. The summed E-state index contributed by atoms with van der Waals surface area (Å²) in [4.78, 5) is 17.6. The molecule has 31 heavy (non-hydrogen) atoms. The van der Waals surface area contributed by atoms with E-state index in [4.69, 9.17) is 0 Å². The van der Waals surface area contributed by atoms with Gasteiger partial charge in [-0.1, -0.05) is 19.9 Å². The second-order valence-electron chi connectivity index (χ2n) is 9.40. The smallest absolute Gasteiger partial charge is 0.251 e. The maximum Gasteiger partial charge on any atom is 0.251 e. The van der Waals surface area contributed by atoms with E-state index in [-0.39, 0.29) is 10.8 Å². The molecule has 1 N–H and O–H groups in total. The molecule has 1 aromatic rings. The first kappa shape index (κ1) is 24.2. The van der Waals surface area contributed by atoms with Crippen LogP contribution >= 0.6 is 0 Å². The van der Waals surface area contributed by atoms with E-state index >= 15 is 0 Å². The number of piperidine rings is 1. The molecule has 2 atom stereocenters. The topological polar surface area (TPSA) is 73.0 Å². The molecule has 174 valence electrons. The number of benzene rings is 1. The molecule has 1 aromatic carbocycles. The zero-order chi connectivity index (χ0) is 22.4. The molecule has 0 spiro atoms. The highest BCUT2D eigenvalue weighted by Gasteiger charge is 2.31. The van der Waals surface area contributed by atoms with E-state index in [1.165, 1.54) is 6.07 Å². The van der Waals surface area contributed by atoms with E-state index < -0.39 is 10.0 Å². The third kappa shape index (κ3) is 6.75. The van der Waals surface area contributed by atoms with Gasteiger partial charge in [0.15, 0.2) is 0 Å². The van der Waals surface area contributed by atoms with E-state index in [2.05, 4.69) is 36.0 Å². The number of nitrogens with one attached hydrogen (secondary N) is 1. The number of piperazine rings is 1. The Morgan fingerprint density at radius 2 is 1.74 bits per heavy atom. The molecule has 2 heterocycles. The molecule has 0 bridgehead atoms. The molecule has 3 rings (SSSR count). The Balaban J connectivity index is 1.49. The van der Waals surface area contributed by atoms with Crippen molar-refractivity contribution < 1.29 is 13.2 Å². The molecule has 0 aliphatic carbocycles. The fraction of sp³-hybridized carbons (Fsp3) is 0.696. The Morgan fingerprint density at radius 1 is 1.06 bits per heavy atom. The van der Waals surface area contributed by atoms with Crippen LogP contribution in [-0.2, 0) is 10.0 Å². The van der Waals surface area contributed by atoms with Gasteiger partial charge in [-0.25, -0.2) is 8.42 Å². The van der Waals surface area contributed by atoms with E-state index in [0.717, 1.165) is 52.0 Å². The highest BCUT2D eigenvalue weighted by molar-refractivity contribution is 7.89. The normalized spacial score (nSPS) is 24.2. The summed E-state index contributed by atoms with van der Waals surface area (Å²) in [5.41, 5.74) is 0.401. The van der Waals surface area contributed by atoms with Gasteiger partial charge in [0.25, 0.3) is 5.91 Å². The van der Waals surface area contributed by atoms with Gasteiger partial charge >= 0.3 is 0 Å². The monoisotopic (exact) mass is 450 g/mol. The van der Waals surface area contributed by atoms with Gasteiger partial charge in [0, 0.05) is 51.4 Å². The van der Waals surface area contributed by atoms with Crippen molar-refractivity contribution in [2.75, 3.05) is 59.4 Å². The van der Waals surface area contributed by atoms with Gasteiger partial charge in [-0.15, -0.1) is 0 Å². The zero-order valence-electron chi connectivity index (χ0n) is 19.2. The molecule has 2 aliphatic rings. The van der Waals surface area contributed by atoms with E-state index in [1.54, 1.807) is 22.5 Å². The van der Waals surface area contributed by atoms with Crippen molar-refractivity contribution in [2.24, 2.45) is 11.8 Å². The predicted molar refractivity (Wildman–Crippen MR) is 124 cm³/mol. The van der Waals surface area contributed by atoms with Gasteiger partial charge < -0.3 is 15.1 Å². The lowest BCUT2D eigenvalue weighted by molar-refractivity contribution is 0.0951. The number of hydrogen-bond acceptors (Lipinski definition) is 5. The highest BCUT2D eigenvalue weighted by atomic mass is 32.2. The Bertz CT molecular complexity index is 827. The number of rotatable bonds is 8. The molecule has 2 aliphatic heterocycles. The second-order valence-corrected chi connectivity index (χ2v) is 11.3. The van der Waals surface area contributed by atoms with Gasteiger partial charge in [-0.05, 0) is 62.9 Å². The number of unbranched alkanes of at least 4 members (excludes halogenated alkanes) is 1. The Labute approximate surface area is 187 Å². The number of carbonyl (C=O) groups is 1. The molecule has 1 amide bonds. The Hall–Kier alpha value is -1.48. The molecule has 7 nitrogen and oxygen atoms in total. The minimum atomic E-state index is -3.59. The van der Waals surface area contributed by atoms with Crippen molar-refractivity contribution in [1.29, 1.82) is 0 Å². The summed E-state index contributed by atoms with van der Waals surface area (Å²) in [6.45, 7) is 11.4. The van der Waals surface area contributed by atoms with Crippen molar-refractivity contribution in [3.05, 3.63) is 29.8 Å². The van der Waals surface area contributed by atoms with Crippen molar-refractivity contribution in [1.82, 2.24) is 19.4 Å². The van der Waals surface area contributed by atoms with Gasteiger partial charge in [-0.3, -0.25) is 4.79 Å². The summed E-state index contributed by atoms with van der Waals surface area (Å²) in [5.74, 6) is 0.476. The summed E-state index contributed by atoms with van der Waals surface area (Å²) >= 11 is 0. The maximum absolute atomic E-state index is 13.1. The summed E-state index contributed by atoms with van der Waals surface area (Å²) in [7, 11) is -1.43. The first-order valence-electron chi connectivity index (χ1n) is 11.5. The lowest BCUT2D eigenvalue weighted by Gasteiger charge is -2.34. The average molecular weight is 451 g/mol. The molecule has 2 unspecified atom stereocenters. The van der Waals surface area contributed by atoms with Crippen LogP contribution in [0.5, 0.6) is 0 Å². The zero-order valence-corrected chi connectivity index (χ0v) is 20.0.